The van der Waals surface area contributed by atoms with E-state index in [4.69, 9.17) is 4.74 Å². The average Bonchev–Trinajstić information content (AvgIpc) is 2.57. The largest absolute Gasteiger partial charge is 0.494 e. The molecule has 0 saturated heterocycles. The summed E-state index contributed by atoms with van der Waals surface area (Å²) in [6.07, 6.45) is 5.57. The van der Waals surface area contributed by atoms with Crippen molar-refractivity contribution in [2.75, 3.05) is 14.2 Å². The molecular formula is C19H21N3O. The van der Waals surface area contributed by atoms with Gasteiger partial charge in [0.2, 0.25) is 0 Å². The van der Waals surface area contributed by atoms with Gasteiger partial charge in [0, 0.05) is 37.1 Å². The normalized spacial score (nSPS) is 11.1. The molecule has 0 saturated carbocycles. The Bertz CT molecular complexity index is 817. The van der Waals surface area contributed by atoms with Crippen molar-refractivity contribution in [2.24, 2.45) is 0 Å². The first-order valence-corrected chi connectivity index (χ1v) is 7.67. The Morgan fingerprint density at radius 3 is 2.65 bits per heavy atom. The Labute approximate surface area is 136 Å². The second-order valence-corrected chi connectivity index (χ2v) is 5.80. The van der Waals surface area contributed by atoms with Crippen LogP contribution >= 0.6 is 0 Å². The summed E-state index contributed by atoms with van der Waals surface area (Å²) in [5.74, 6) is 0.817. The first-order valence-electron chi connectivity index (χ1n) is 7.67. The van der Waals surface area contributed by atoms with E-state index in [9.17, 15) is 0 Å². The van der Waals surface area contributed by atoms with Crippen LogP contribution in [0, 0.1) is 6.92 Å². The number of rotatable bonds is 5. The Kier molecular flexibility index (Phi) is 4.53. The highest BCUT2D eigenvalue weighted by atomic mass is 16.5. The van der Waals surface area contributed by atoms with E-state index in [1.165, 1.54) is 16.7 Å². The molecule has 0 bridgehead atoms. The second kappa shape index (κ2) is 6.75. The van der Waals surface area contributed by atoms with Crippen LogP contribution in [0.15, 0.2) is 48.9 Å². The zero-order valence-corrected chi connectivity index (χ0v) is 13.8. The van der Waals surface area contributed by atoms with Crippen LogP contribution in [0.3, 0.4) is 0 Å². The van der Waals surface area contributed by atoms with Gasteiger partial charge in [-0.05, 0) is 48.9 Å². The SMILES string of the molecule is COc1ccc(CN(C)Cc2ccncc2C)c2cccnc12. The molecule has 2 aromatic heterocycles. The lowest BCUT2D eigenvalue weighted by Crippen LogP contribution is -2.18. The Morgan fingerprint density at radius 2 is 1.87 bits per heavy atom. The fourth-order valence-corrected chi connectivity index (χ4v) is 2.83. The molecule has 0 radical (unpaired) electrons. The minimum absolute atomic E-state index is 0.817. The highest BCUT2D eigenvalue weighted by Gasteiger charge is 2.10. The summed E-state index contributed by atoms with van der Waals surface area (Å²) in [5, 5.41) is 1.14. The van der Waals surface area contributed by atoms with E-state index >= 15 is 0 Å². The minimum atomic E-state index is 0.817. The summed E-state index contributed by atoms with van der Waals surface area (Å²) < 4.78 is 5.42. The van der Waals surface area contributed by atoms with Crippen LogP contribution < -0.4 is 4.74 Å². The van der Waals surface area contributed by atoms with Gasteiger partial charge < -0.3 is 4.74 Å². The maximum Gasteiger partial charge on any atom is 0.145 e. The van der Waals surface area contributed by atoms with Crippen LogP contribution in [0.25, 0.3) is 10.9 Å². The predicted molar refractivity (Wildman–Crippen MR) is 92.4 cm³/mol. The lowest BCUT2D eigenvalue weighted by molar-refractivity contribution is 0.319. The topological polar surface area (TPSA) is 38.2 Å². The standard InChI is InChI=1S/C19H21N3O/c1-14-11-20-10-8-15(14)12-22(2)13-16-6-7-18(23-3)19-17(16)5-4-9-21-19/h4-11H,12-13H2,1-3H3. The Balaban J connectivity index is 1.85. The molecule has 0 aliphatic heterocycles. The van der Waals surface area contributed by atoms with Gasteiger partial charge in [0.05, 0.1) is 7.11 Å². The number of aryl methyl sites for hydroxylation is 1. The van der Waals surface area contributed by atoms with Gasteiger partial charge in [0.25, 0.3) is 0 Å². The number of ether oxygens (including phenoxy) is 1. The molecule has 3 rings (SSSR count). The van der Waals surface area contributed by atoms with Gasteiger partial charge in [-0.2, -0.15) is 0 Å². The van der Waals surface area contributed by atoms with Crippen LogP contribution in [0.4, 0.5) is 0 Å². The molecule has 0 amide bonds. The van der Waals surface area contributed by atoms with Crippen molar-refractivity contribution in [3.8, 4) is 5.75 Å². The zero-order chi connectivity index (χ0) is 16.2. The average molecular weight is 307 g/mol. The number of nitrogens with zero attached hydrogens (tertiary/aromatic N) is 3. The molecule has 23 heavy (non-hydrogen) atoms. The monoisotopic (exact) mass is 307 g/mol. The van der Waals surface area contributed by atoms with E-state index in [2.05, 4.69) is 47.0 Å². The molecule has 118 valence electrons. The van der Waals surface area contributed by atoms with Crippen LogP contribution in [-0.4, -0.2) is 29.0 Å². The van der Waals surface area contributed by atoms with Gasteiger partial charge >= 0.3 is 0 Å². The number of hydrogen-bond donors (Lipinski definition) is 0. The number of pyridine rings is 2. The third kappa shape index (κ3) is 3.32. The quantitative estimate of drug-likeness (QED) is 0.722. The highest BCUT2D eigenvalue weighted by Crippen LogP contribution is 2.27. The lowest BCUT2D eigenvalue weighted by atomic mass is 10.1. The number of hydrogen-bond acceptors (Lipinski definition) is 4. The molecule has 2 heterocycles. The first kappa shape index (κ1) is 15.4. The first-order chi connectivity index (χ1) is 11.2. The molecule has 0 fully saturated rings. The molecule has 3 aromatic rings. The summed E-state index contributed by atoms with van der Waals surface area (Å²) in [7, 11) is 3.81. The van der Waals surface area contributed by atoms with E-state index in [-0.39, 0.29) is 0 Å². The molecule has 0 atom stereocenters. The Morgan fingerprint density at radius 1 is 1.04 bits per heavy atom. The van der Waals surface area contributed by atoms with Gasteiger partial charge in [-0.3, -0.25) is 14.9 Å². The fourth-order valence-electron chi connectivity index (χ4n) is 2.83. The van der Waals surface area contributed by atoms with Crippen molar-refractivity contribution in [1.29, 1.82) is 0 Å². The third-order valence-electron chi connectivity index (χ3n) is 4.06. The number of methoxy groups -OCH3 is 1. The number of fused-ring (bicyclic) bond motifs is 1. The fraction of sp³-hybridized carbons (Fsp3) is 0.263. The van der Waals surface area contributed by atoms with Crippen LogP contribution in [-0.2, 0) is 13.1 Å². The molecule has 1 aromatic carbocycles. The summed E-state index contributed by atoms with van der Waals surface area (Å²) in [5.41, 5.74) is 4.70. The van der Waals surface area contributed by atoms with E-state index in [0.29, 0.717) is 0 Å². The molecule has 4 nitrogen and oxygen atoms in total. The molecule has 4 heteroatoms. The van der Waals surface area contributed by atoms with Gasteiger partial charge in [0.15, 0.2) is 0 Å². The van der Waals surface area contributed by atoms with Gasteiger partial charge in [0.1, 0.15) is 11.3 Å². The van der Waals surface area contributed by atoms with E-state index in [1.54, 1.807) is 13.3 Å². The van der Waals surface area contributed by atoms with Gasteiger partial charge in [-0.15, -0.1) is 0 Å². The van der Waals surface area contributed by atoms with E-state index in [1.807, 2.05) is 24.5 Å². The van der Waals surface area contributed by atoms with Gasteiger partial charge in [-0.1, -0.05) is 12.1 Å². The summed E-state index contributed by atoms with van der Waals surface area (Å²) in [6, 6.07) is 10.3. The van der Waals surface area contributed by atoms with Crippen LogP contribution in [0.1, 0.15) is 16.7 Å². The van der Waals surface area contributed by atoms with E-state index < -0.39 is 0 Å². The molecule has 0 spiro atoms. The van der Waals surface area contributed by atoms with Crippen molar-refractivity contribution >= 4 is 10.9 Å². The van der Waals surface area contributed by atoms with Crippen LogP contribution in [0.5, 0.6) is 5.75 Å². The van der Waals surface area contributed by atoms with Crippen molar-refractivity contribution in [3.05, 3.63) is 65.6 Å². The smallest absolute Gasteiger partial charge is 0.145 e. The third-order valence-corrected chi connectivity index (χ3v) is 4.06. The van der Waals surface area contributed by atoms with E-state index in [0.717, 1.165) is 29.7 Å². The van der Waals surface area contributed by atoms with Crippen molar-refractivity contribution in [2.45, 2.75) is 20.0 Å². The molecule has 0 N–H and O–H groups in total. The Hall–Kier alpha value is -2.46. The predicted octanol–water partition coefficient (Wildman–Crippen LogP) is 3.58. The molecule has 0 aliphatic carbocycles. The highest BCUT2D eigenvalue weighted by molar-refractivity contribution is 5.87. The van der Waals surface area contributed by atoms with Crippen molar-refractivity contribution in [3.63, 3.8) is 0 Å². The summed E-state index contributed by atoms with van der Waals surface area (Å²) >= 11 is 0. The minimum Gasteiger partial charge on any atom is -0.494 e. The van der Waals surface area contributed by atoms with Crippen LogP contribution in [0.2, 0.25) is 0 Å². The van der Waals surface area contributed by atoms with Crippen molar-refractivity contribution < 1.29 is 4.74 Å². The molecule has 0 unspecified atom stereocenters. The zero-order valence-electron chi connectivity index (χ0n) is 13.8. The maximum atomic E-state index is 5.42. The number of aromatic nitrogens is 2. The lowest BCUT2D eigenvalue weighted by Gasteiger charge is -2.19. The van der Waals surface area contributed by atoms with Crippen molar-refractivity contribution in [1.82, 2.24) is 14.9 Å². The molecular weight excluding hydrogens is 286 g/mol. The summed E-state index contributed by atoms with van der Waals surface area (Å²) in [4.78, 5) is 10.9. The summed E-state index contributed by atoms with van der Waals surface area (Å²) in [6.45, 7) is 3.85. The second-order valence-electron chi connectivity index (χ2n) is 5.80. The molecule has 0 aliphatic rings. The maximum absolute atomic E-state index is 5.42. The van der Waals surface area contributed by atoms with Gasteiger partial charge in [-0.25, -0.2) is 0 Å². The number of benzene rings is 1.